The number of hydrogen-bond donors (Lipinski definition) is 0. The third-order valence-corrected chi connectivity index (χ3v) is 0.887. The van der Waals surface area contributed by atoms with Crippen molar-refractivity contribution in [2.45, 2.75) is 13.8 Å². The van der Waals surface area contributed by atoms with Gasteiger partial charge in [0.15, 0.2) is 0 Å². The predicted molar refractivity (Wildman–Crippen MR) is 52.3 cm³/mol. The van der Waals surface area contributed by atoms with E-state index in [0.29, 0.717) is 12.6 Å². The smallest absolute Gasteiger partial charge is 0.0981 e. The van der Waals surface area contributed by atoms with Gasteiger partial charge in [-0.15, -0.1) is 0 Å². The zero-order valence-electron chi connectivity index (χ0n) is 9.26. The summed E-state index contributed by atoms with van der Waals surface area (Å²) in [5.41, 5.74) is 0. The minimum Gasteiger partial charge on any atom is -0.384 e. The van der Waals surface area contributed by atoms with Crippen LogP contribution in [0, 0.1) is 5.92 Å². The molecule has 0 rings (SSSR count). The Kier molecular flexibility index (Phi) is 13.1. The standard InChI is InChI=1S/C5H12O.C4H11NO/c2*1-5(2)4-6-3/h5H,4H2,1-3H3;4H2,1-3H3. The SMILES string of the molecule is COCC(C)C.COCN(C)C. The van der Waals surface area contributed by atoms with Gasteiger partial charge in [0.2, 0.25) is 0 Å². The maximum Gasteiger partial charge on any atom is 0.0981 e. The second-order valence-electron chi connectivity index (χ2n) is 3.35. The van der Waals surface area contributed by atoms with Crippen molar-refractivity contribution in [3.63, 3.8) is 0 Å². The topological polar surface area (TPSA) is 21.7 Å². The molecule has 0 aromatic heterocycles. The molecule has 76 valence electrons. The van der Waals surface area contributed by atoms with Gasteiger partial charge in [-0.25, -0.2) is 0 Å². The molecule has 0 aromatic rings. The van der Waals surface area contributed by atoms with Gasteiger partial charge in [0.25, 0.3) is 0 Å². The average Bonchev–Trinajstić information content (AvgIpc) is 1.87. The molecule has 0 unspecified atom stereocenters. The Bertz CT molecular complexity index is 64.9. The Morgan fingerprint density at radius 3 is 1.58 bits per heavy atom. The van der Waals surface area contributed by atoms with Crippen molar-refractivity contribution >= 4 is 0 Å². The van der Waals surface area contributed by atoms with Gasteiger partial charge in [-0.2, -0.15) is 0 Å². The summed E-state index contributed by atoms with van der Waals surface area (Å²) in [6.45, 7) is 5.84. The van der Waals surface area contributed by atoms with Crippen LogP contribution in [-0.2, 0) is 9.47 Å². The van der Waals surface area contributed by atoms with Crippen LogP contribution in [0.1, 0.15) is 13.8 Å². The summed E-state index contributed by atoms with van der Waals surface area (Å²) < 4.78 is 9.53. The monoisotopic (exact) mass is 177 g/mol. The molecule has 0 saturated carbocycles. The van der Waals surface area contributed by atoms with E-state index in [4.69, 9.17) is 9.47 Å². The van der Waals surface area contributed by atoms with Crippen molar-refractivity contribution in [2.75, 3.05) is 41.7 Å². The molecule has 0 atom stereocenters. The van der Waals surface area contributed by atoms with E-state index in [0.717, 1.165) is 6.61 Å². The van der Waals surface area contributed by atoms with Gasteiger partial charge in [0.1, 0.15) is 0 Å². The molecule has 0 N–H and O–H groups in total. The van der Waals surface area contributed by atoms with E-state index in [1.807, 2.05) is 19.0 Å². The summed E-state index contributed by atoms with van der Waals surface area (Å²) in [5, 5.41) is 0. The molecule has 0 heterocycles. The highest BCUT2D eigenvalue weighted by Crippen LogP contribution is 1.88. The first kappa shape index (κ1) is 14.4. The summed E-state index contributed by atoms with van der Waals surface area (Å²) in [6.07, 6.45) is 0. The molecular weight excluding hydrogens is 154 g/mol. The first-order chi connectivity index (χ1) is 5.54. The summed E-state index contributed by atoms with van der Waals surface area (Å²) in [5.74, 6) is 0.676. The molecule has 0 saturated heterocycles. The third-order valence-electron chi connectivity index (χ3n) is 0.887. The van der Waals surface area contributed by atoms with E-state index in [-0.39, 0.29) is 0 Å². The molecule has 0 aromatic carbocycles. The minimum atomic E-state index is 0.676. The molecular formula is C9H23NO2. The van der Waals surface area contributed by atoms with Gasteiger partial charge < -0.3 is 9.47 Å². The quantitative estimate of drug-likeness (QED) is 0.607. The zero-order valence-corrected chi connectivity index (χ0v) is 9.26. The number of nitrogens with zero attached hydrogens (tertiary/aromatic N) is 1. The number of methoxy groups -OCH3 is 2. The van der Waals surface area contributed by atoms with Crippen LogP contribution >= 0.6 is 0 Å². The Labute approximate surface area is 76.7 Å². The summed E-state index contributed by atoms with van der Waals surface area (Å²) in [6, 6.07) is 0. The maximum absolute atomic E-state index is 4.80. The number of ether oxygens (including phenoxy) is 2. The van der Waals surface area contributed by atoms with Crippen LogP contribution in [0.4, 0.5) is 0 Å². The van der Waals surface area contributed by atoms with Crippen LogP contribution < -0.4 is 0 Å². The second-order valence-corrected chi connectivity index (χ2v) is 3.35. The van der Waals surface area contributed by atoms with Gasteiger partial charge in [-0.05, 0) is 20.0 Å². The van der Waals surface area contributed by atoms with Crippen LogP contribution in [0.3, 0.4) is 0 Å². The molecule has 0 fully saturated rings. The maximum atomic E-state index is 4.80. The summed E-state index contributed by atoms with van der Waals surface area (Å²) >= 11 is 0. The highest BCUT2D eigenvalue weighted by atomic mass is 16.5. The predicted octanol–water partition coefficient (Wildman–Crippen LogP) is 1.44. The van der Waals surface area contributed by atoms with Gasteiger partial charge in [-0.3, -0.25) is 4.90 Å². The molecule has 0 bridgehead atoms. The first-order valence-corrected chi connectivity index (χ1v) is 4.17. The third kappa shape index (κ3) is 22.5. The van der Waals surface area contributed by atoms with Gasteiger partial charge in [0, 0.05) is 20.8 Å². The van der Waals surface area contributed by atoms with Crippen LogP contribution in [0.15, 0.2) is 0 Å². The summed E-state index contributed by atoms with van der Waals surface area (Å²) in [7, 11) is 7.33. The fourth-order valence-electron chi connectivity index (χ4n) is 0.592. The van der Waals surface area contributed by atoms with Crippen LogP contribution in [-0.4, -0.2) is 46.6 Å². The fraction of sp³-hybridized carbons (Fsp3) is 1.00. The molecule has 0 aliphatic heterocycles. The lowest BCUT2D eigenvalue weighted by atomic mass is 10.2. The molecule has 0 spiro atoms. The van der Waals surface area contributed by atoms with E-state index in [1.54, 1.807) is 14.2 Å². The highest BCUT2D eigenvalue weighted by molar-refractivity contribution is 4.35. The van der Waals surface area contributed by atoms with Crippen molar-refractivity contribution < 1.29 is 9.47 Å². The van der Waals surface area contributed by atoms with Crippen molar-refractivity contribution in [3.05, 3.63) is 0 Å². The molecule has 0 radical (unpaired) electrons. The Balaban J connectivity index is 0. The van der Waals surface area contributed by atoms with E-state index in [9.17, 15) is 0 Å². The molecule has 0 amide bonds. The lowest BCUT2D eigenvalue weighted by Crippen LogP contribution is -2.13. The van der Waals surface area contributed by atoms with Crippen LogP contribution in [0.5, 0.6) is 0 Å². The van der Waals surface area contributed by atoms with Gasteiger partial charge >= 0.3 is 0 Å². The molecule has 0 aliphatic rings. The molecule has 3 heteroatoms. The van der Waals surface area contributed by atoms with E-state index < -0.39 is 0 Å². The first-order valence-electron chi connectivity index (χ1n) is 4.17. The molecule has 12 heavy (non-hydrogen) atoms. The minimum absolute atomic E-state index is 0.676. The second kappa shape index (κ2) is 10.9. The van der Waals surface area contributed by atoms with E-state index in [2.05, 4.69) is 13.8 Å². The lowest BCUT2D eigenvalue weighted by molar-refractivity contribution is 0.0994. The van der Waals surface area contributed by atoms with Gasteiger partial charge in [-0.1, -0.05) is 13.8 Å². The zero-order chi connectivity index (χ0) is 9.98. The summed E-state index contributed by atoms with van der Waals surface area (Å²) in [4.78, 5) is 1.96. The van der Waals surface area contributed by atoms with Crippen LogP contribution in [0.25, 0.3) is 0 Å². The van der Waals surface area contributed by atoms with Gasteiger partial charge in [0.05, 0.1) is 6.73 Å². The molecule has 3 nitrogen and oxygen atoms in total. The normalized spacial score (nSPS) is 10.0. The Hall–Kier alpha value is -0.120. The van der Waals surface area contributed by atoms with Crippen molar-refractivity contribution in [1.82, 2.24) is 4.90 Å². The average molecular weight is 177 g/mol. The Morgan fingerprint density at radius 2 is 1.58 bits per heavy atom. The number of rotatable bonds is 4. The molecule has 0 aliphatic carbocycles. The highest BCUT2D eigenvalue weighted by Gasteiger charge is 1.85. The van der Waals surface area contributed by atoms with Crippen LogP contribution in [0.2, 0.25) is 0 Å². The fourth-order valence-corrected chi connectivity index (χ4v) is 0.592. The number of hydrogen-bond acceptors (Lipinski definition) is 3. The van der Waals surface area contributed by atoms with E-state index in [1.165, 1.54) is 0 Å². The largest absolute Gasteiger partial charge is 0.384 e. The van der Waals surface area contributed by atoms with Crippen molar-refractivity contribution in [2.24, 2.45) is 5.92 Å². The van der Waals surface area contributed by atoms with E-state index >= 15 is 0 Å². The van der Waals surface area contributed by atoms with Crippen molar-refractivity contribution in [1.29, 1.82) is 0 Å². The lowest BCUT2D eigenvalue weighted by Gasteiger charge is -2.04. The Morgan fingerprint density at radius 1 is 1.08 bits per heavy atom. The van der Waals surface area contributed by atoms with Crippen molar-refractivity contribution in [3.8, 4) is 0 Å².